The van der Waals surface area contributed by atoms with Crippen molar-refractivity contribution in [1.82, 2.24) is 4.98 Å². The van der Waals surface area contributed by atoms with Gasteiger partial charge in [0, 0.05) is 23.5 Å². The fraction of sp³-hybridized carbons (Fsp3) is 0.143. The Morgan fingerprint density at radius 1 is 1.19 bits per heavy atom. The van der Waals surface area contributed by atoms with Gasteiger partial charge >= 0.3 is 6.36 Å². The van der Waals surface area contributed by atoms with Gasteiger partial charge in [-0.1, -0.05) is 29.8 Å². The molecule has 3 nitrogen and oxygen atoms in total. The fourth-order valence-corrected chi connectivity index (χ4v) is 2.08. The lowest BCUT2D eigenvalue weighted by atomic mass is 9.99. The van der Waals surface area contributed by atoms with Crippen LogP contribution >= 0.6 is 11.6 Å². The molecule has 0 unspecified atom stereocenters. The van der Waals surface area contributed by atoms with E-state index >= 15 is 0 Å². The Kier molecular flexibility index (Phi) is 4.34. The first-order valence-corrected chi connectivity index (χ1v) is 6.14. The molecule has 0 saturated heterocycles. The van der Waals surface area contributed by atoms with Gasteiger partial charge in [-0.2, -0.15) is 5.26 Å². The van der Waals surface area contributed by atoms with Crippen LogP contribution < -0.4 is 4.74 Å². The molecule has 0 aliphatic rings. The van der Waals surface area contributed by atoms with Crippen LogP contribution in [0, 0.1) is 11.3 Å². The molecule has 2 aromatic rings. The molecular weight excluding hydrogens is 305 g/mol. The van der Waals surface area contributed by atoms with Gasteiger partial charge in [-0.15, -0.1) is 13.2 Å². The summed E-state index contributed by atoms with van der Waals surface area (Å²) in [5, 5.41) is 9.05. The van der Waals surface area contributed by atoms with Crippen molar-refractivity contribution in [1.29, 1.82) is 5.26 Å². The number of hydrogen-bond acceptors (Lipinski definition) is 3. The van der Waals surface area contributed by atoms with Gasteiger partial charge in [0.2, 0.25) is 0 Å². The molecule has 108 valence electrons. The number of nitriles is 1. The van der Waals surface area contributed by atoms with Crippen LogP contribution in [-0.2, 0) is 6.42 Å². The maximum absolute atomic E-state index is 12.4. The average Bonchev–Trinajstić information content (AvgIpc) is 2.40. The molecular formula is C14H8ClF3N2O. The number of ether oxygens (including phenoxy) is 1. The second kappa shape index (κ2) is 6.02. The predicted molar refractivity (Wildman–Crippen MR) is 70.7 cm³/mol. The van der Waals surface area contributed by atoms with Gasteiger partial charge in [-0.05, 0) is 11.6 Å². The van der Waals surface area contributed by atoms with Gasteiger partial charge in [-0.25, -0.2) is 0 Å². The number of alkyl halides is 3. The molecule has 1 heterocycles. The van der Waals surface area contributed by atoms with Crippen molar-refractivity contribution in [3.63, 3.8) is 0 Å². The summed E-state index contributed by atoms with van der Waals surface area (Å²) in [5.41, 5.74) is 0.923. The highest BCUT2D eigenvalue weighted by Crippen LogP contribution is 2.37. The summed E-state index contributed by atoms with van der Waals surface area (Å²) in [6.07, 6.45) is -2.16. The van der Waals surface area contributed by atoms with E-state index in [1.165, 1.54) is 30.6 Å². The van der Waals surface area contributed by atoms with Crippen LogP contribution in [0.1, 0.15) is 5.56 Å². The molecule has 0 amide bonds. The van der Waals surface area contributed by atoms with E-state index in [1.807, 2.05) is 6.07 Å². The number of aromatic nitrogens is 1. The lowest BCUT2D eigenvalue weighted by Gasteiger charge is -2.15. The summed E-state index contributed by atoms with van der Waals surface area (Å²) in [6.45, 7) is 0. The molecule has 0 bridgehead atoms. The Bertz CT molecular complexity index is 695. The molecule has 0 aliphatic carbocycles. The van der Waals surface area contributed by atoms with Crippen LogP contribution in [0.15, 0.2) is 36.7 Å². The van der Waals surface area contributed by atoms with E-state index in [0.717, 1.165) is 0 Å². The molecule has 0 spiro atoms. The Labute approximate surface area is 123 Å². The second-order valence-electron chi connectivity index (χ2n) is 4.03. The Balaban J connectivity index is 2.58. The van der Waals surface area contributed by atoms with Crippen molar-refractivity contribution in [2.45, 2.75) is 12.8 Å². The number of para-hydroxylation sites is 1. The van der Waals surface area contributed by atoms with E-state index in [-0.39, 0.29) is 22.8 Å². The quantitative estimate of drug-likeness (QED) is 0.845. The molecule has 0 atom stereocenters. The van der Waals surface area contributed by atoms with Crippen molar-refractivity contribution >= 4 is 11.6 Å². The van der Waals surface area contributed by atoms with E-state index in [2.05, 4.69) is 9.72 Å². The van der Waals surface area contributed by atoms with Crippen molar-refractivity contribution < 1.29 is 17.9 Å². The lowest BCUT2D eigenvalue weighted by molar-refractivity contribution is -0.274. The Hall–Kier alpha value is -2.26. The number of hydrogen-bond donors (Lipinski definition) is 0. The highest BCUT2D eigenvalue weighted by molar-refractivity contribution is 6.31. The van der Waals surface area contributed by atoms with Crippen LogP contribution in [0.25, 0.3) is 11.1 Å². The molecule has 21 heavy (non-hydrogen) atoms. The first kappa shape index (κ1) is 15.1. The zero-order valence-corrected chi connectivity index (χ0v) is 11.2. The third-order valence-electron chi connectivity index (χ3n) is 2.66. The molecule has 0 aliphatic heterocycles. The van der Waals surface area contributed by atoms with Crippen LogP contribution in [0.4, 0.5) is 13.2 Å². The van der Waals surface area contributed by atoms with Crippen molar-refractivity contribution in [2.75, 3.05) is 0 Å². The van der Waals surface area contributed by atoms with E-state index in [4.69, 9.17) is 16.9 Å². The third-order valence-corrected chi connectivity index (χ3v) is 2.99. The molecule has 1 aromatic carbocycles. The van der Waals surface area contributed by atoms with Gasteiger partial charge in [0.15, 0.2) is 0 Å². The van der Waals surface area contributed by atoms with Crippen LogP contribution in [-0.4, -0.2) is 11.3 Å². The first-order chi connectivity index (χ1) is 9.92. The largest absolute Gasteiger partial charge is 0.573 e. The maximum atomic E-state index is 12.4. The Morgan fingerprint density at radius 3 is 2.57 bits per heavy atom. The fourth-order valence-electron chi connectivity index (χ4n) is 1.86. The minimum Gasteiger partial charge on any atom is -0.405 e. The molecule has 1 aromatic heterocycles. The number of pyridine rings is 1. The molecule has 0 fully saturated rings. The monoisotopic (exact) mass is 312 g/mol. The van der Waals surface area contributed by atoms with E-state index in [0.29, 0.717) is 11.1 Å². The zero-order valence-electron chi connectivity index (χ0n) is 10.5. The normalized spacial score (nSPS) is 11.0. The van der Waals surface area contributed by atoms with Crippen LogP contribution in [0.5, 0.6) is 5.75 Å². The third kappa shape index (κ3) is 3.64. The summed E-state index contributed by atoms with van der Waals surface area (Å²) in [4.78, 5) is 3.86. The second-order valence-corrected chi connectivity index (χ2v) is 4.43. The summed E-state index contributed by atoms with van der Waals surface area (Å²) >= 11 is 5.97. The summed E-state index contributed by atoms with van der Waals surface area (Å²) in [5.74, 6) is -0.367. The predicted octanol–water partition coefficient (Wildman–Crippen LogP) is 4.37. The Morgan fingerprint density at radius 2 is 1.90 bits per heavy atom. The molecule has 2 rings (SSSR count). The minimum atomic E-state index is -4.81. The molecule has 7 heteroatoms. The molecule has 0 N–H and O–H groups in total. The highest BCUT2D eigenvalue weighted by Gasteiger charge is 2.32. The SMILES string of the molecule is N#CCc1c(Cl)cncc1-c1ccccc1OC(F)(F)F. The standard InChI is InChI=1S/C14H8ClF3N2O/c15-12-8-20-7-11(9(12)5-6-19)10-3-1-2-4-13(10)21-14(16,17)18/h1-4,7-8H,5H2. The van der Waals surface area contributed by atoms with Crippen LogP contribution in [0.2, 0.25) is 5.02 Å². The number of benzene rings is 1. The average molecular weight is 313 g/mol. The minimum absolute atomic E-state index is 0.0446. The number of nitrogens with zero attached hydrogens (tertiary/aromatic N) is 2. The smallest absolute Gasteiger partial charge is 0.405 e. The summed E-state index contributed by atoms with van der Waals surface area (Å²) in [6, 6.07) is 7.56. The van der Waals surface area contributed by atoms with Gasteiger partial charge < -0.3 is 4.74 Å². The molecule has 0 saturated carbocycles. The molecule has 0 radical (unpaired) electrons. The first-order valence-electron chi connectivity index (χ1n) is 5.77. The van der Waals surface area contributed by atoms with Crippen molar-refractivity contribution in [3.8, 4) is 22.9 Å². The van der Waals surface area contributed by atoms with Gasteiger partial charge in [-0.3, -0.25) is 4.98 Å². The topological polar surface area (TPSA) is 45.9 Å². The highest BCUT2D eigenvalue weighted by atomic mass is 35.5. The lowest BCUT2D eigenvalue weighted by Crippen LogP contribution is -2.17. The van der Waals surface area contributed by atoms with Crippen molar-refractivity contribution in [2.24, 2.45) is 0 Å². The van der Waals surface area contributed by atoms with E-state index in [1.54, 1.807) is 6.07 Å². The summed E-state index contributed by atoms with van der Waals surface area (Å²) in [7, 11) is 0. The van der Waals surface area contributed by atoms with Gasteiger partial charge in [0.25, 0.3) is 0 Å². The summed E-state index contributed by atoms with van der Waals surface area (Å²) < 4.78 is 41.4. The van der Waals surface area contributed by atoms with Gasteiger partial charge in [0.05, 0.1) is 17.5 Å². The van der Waals surface area contributed by atoms with Crippen LogP contribution in [0.3, 0.4) is 0 Å². The zero-order chi connectivity index (χ0) is 15.5. The van der Waals surface area contributed by atoms with E-state index < -0.39 is 6.36 Å². The van der Waals surface area contributed by atoms with E-state index in [9.17, 15) is 13.2 Å². The maximum Gasteiger partial charge on any atom is 0.573 e. The number of rotatable bonds is 3. The van der Waals surface area contributed by atoms with Gasteiger partial charge in [0.1, 0.15) is 5.75 Å². The van der Waals surface area contributed by atoms with Crippen molar-refractivity contribution in [3.05, 3.63) is 47.2 Å². The number of halogens is 4.